The fourth-order valence-corrected chi connectivity index (χ4v) is 3.96. The van der Waals surface area contributed by atoms with Crippen molar-refractivity contribution in [1.29, 1.82) is 0 Å². The summed E-state index contributed by atoms with van der Waals surface area (Å²) in [5.74, 6) is 0. The first-order valence-electron chi connectivity index (χ1n) is 9.11. The number of nitrogens with zero attached hydrogens (tertiary/aromatic N) is 2. The van der Waals surface area contributed by atoms with Crippen molar-refractivity contribution in [2.24, 2.45) is 0 Å². The highest BCUT2D eigenvalue weighted by molar-refractivity contribution is 6.50. The number of aryl methyl sites for hydroxylation is 6. The van der Waals surface area contributed by atoms with E-state index in [0.29, 0.717) is 0 Å². The van der Waals surface area contributed by atoms with E-state index in [-0.39, 0.29) is 0 Å². The van der Waals surface area contributed by atoms with Crippen molar-refractivity contribution < 1.29 is 17.3 Å². The van der Waals surface area contributed by atoms with Crippen LogP contribution in [0.1, 0.15) is 33.4 Å². The monoisotopic (exact) mass is 393 g/mol. The Morgan fingerprint density at radius 2 is 0.857 bits per heavy atom. The van der Waals surface area contributed by atoms with Crippen molar-refractivity contribution >= 4 is 18.6 Å². The summed E-state index contributed by atoms with van der Waals surface area (Å²) in [6.45, 7) is 14.0. The molecule has 28 heavy (non-hydrogen) atoms. The number of hydrogen-bond acceptors (Lipinski definition) is 2. The van der Waals surface area contributed by atoms with Crippen LogP contribution in [0.4, 0.5) is 28.6 Å². The van der Waals surface area contributed by atoms with E-state index < -0.39 is 7.25 Å². The molecule has 0 atom stereocenters. The molecule has 0 unspecified atom stereocenters. The van der Waals surface area contributed by atoms with Gasteiger partial charge in [0.15, 0.2) is 0 Å². The molecule has 2 aromatic rings. The van der Waals surface area contributed by atoms with Crippen LogP contribution in [0.15, 0.2) is 36.7 Å². The molecule has 7 heteroatoms. The third-order valence-corrected chi connectivity index (χ3v) is 4.58. The minimum absolute atomic E-state index is 0.871. The van der Waals surface area contributed by atoms with Crippen molar-refractivity contribution in [3.05, 3.63) is 70.0 Å². The predicted molar refractivity (Wildman–Crippen MR) is 110 cm³/mol. The van der Waals surface area contributed by atoms with E-state index in [1.165, 1.54) is 44.8 Å². The van der Waals surface area contributed by atoms with E-state index in [1.807, 2.05) is 0 Å². The van der Waals surface area contributed by atoms with Gasteiger partial charge in [-0.05, 0) is 63.8 Å². The summed E-state index contributed by atoms with van der Waals surface area (Å²) in [7, 11) is -6.00. The molecule has 0 aromatic heterocycles. The van der Waals surface area contributed by atoms with E-state index in [4.69, 9.17) is 0 Å². The molecule has 0 spiro atoms. The van der Waals surface area contributed by atoms with E-state index in [0.717, 1.165) is 6.67 Å². The van der Waals surface area contributed by atoms with Gasteiger partial charge in [0.25, 0.3) is 0 Å². The van der Waals surface area contributed by atoms with Crippen LogP contribution in [0.5, 0.6) is 0 Å². The fourth-order valence-electron chi connectivity index (χ4n) is 3.96. The Labute approximate surface area is 164 Å². The second-order valence-electron chi connectivity index (χ2n) is 7.37. The Morgan fingerprint density at radius 1 is 0.607 bits per heavy atom. The maximum absolute atomic E-state index is 9.75. The van der Waals surface area contributed by atoms with Gasteiger partial charge in [0, 0.05) is 23.8 Å². The van der Waals surface area contributed by atoms with Gasteiger partial charge in [0.2, 0.25) is 0 Å². The van der Waals surface area contributed by atoms with Crippen molar-refractivity contribution in [2.75, 3.05) is 16.5 Å². The molecule has 0 bridgehead atoms. The second-order valence-corrected chi connectivity index (χ2v) is 7.37. The van der Waals surface area contributed by atoms with Crippen LogP contribution in [0, 0.1) is 41.5 Å². The standard InChI is InChI=1S/C21H26N2.BF4/c1-14-9-16(3)20(17(4)10-14)22-7-8-23(13-22)21-18(5)11-15(2)12-19(21)6;2-1(3,4)5/h7-12H,13H2,1-6H3;/q;-1. The quantitative estimate of drug-likeness (QED) is 0.419. The molecule has 0 saturated carbocycles. The van der Waals surface area contributed by atoms with Crippen molar-refractivity contribution in [1.82, 2.24) is 0 Å². The lowest BCUT2D eigenvalue weighted by molar-refractivity contribution is 0.368. The molecule has 0 N–H and O–H groups in total. The average molecular weight is 393 g/mol. The summed E-state index contributed by atoms with van der Waals surface area (Å²) >= 11 is 0. The third-order valence-electron chi connectivity index (χ3n) is 4.58. The normalized spacial score (nSPS) is 13.6. The molecule has 0 fully saturated rings. The minimum Gasteiger partial charge on any atom is -0.418 e. The van der Waals surface area contributed by atoms with E-state index in [1.54, 1.807) is 0 Å². The van der Waals surface area contributed by atoms with Gasteiger partial charge in [-0.3, -0.25) is 0 Å². The maximum Gasteiger partial charge on any atom is 0.673 e. The Morgan fingerprint density at radius 3 is 1.11 bits per heavy atom. The SMILES string of the molecule is Cc1cc(C)c(N2C=CN(c3c(C)cc(C)cc3C)C2)c(C)c1.F[B-](F)(F)F. The predicted octanol–water partition coefficient (Wildman–Crippen LogP) is 6.59. The average Bonchev–Trinajstić information content (AvgIpc) is 2.92. The Hall–Kier alpha value is -2.44. The molecule has 0 aliphatic carbocycles. The van der Waals surface area contributed by atoms with Crippen molar-refractivity contribution in [2.45, 2.75) is 41.5 Å². The van der Waals surface area contributed by atoms with Gasteiger partial charge in [0.1, 0.15) is 0 Å². The molecule has 2 nitrogen and oxygen atoms in total. The first-order valence-corrected chi connectivity index (χ1v) is 9.11. The number of anilines is 2. The molecule has 0 amide bonds. The molecule has 152 valence electrons. The van der Waals surface area contributed by atoms with Crippen LogP contribution >= 0.6 is 0 Å². The van der Waals surface area contributed by atoms with Crippen LogP contribution in [0.25, 0.3) is 0 Å². The van der Waals surface area contributed by atoms with Crippen LogP contribution in [-0.4, -0.2) is 13.9 Å². The second kappa shape index (κ2) is 8.29. The third kappa shape index (κ3) is 5.53. The first kappa shape index (κ1) is 21.9. The molecule has 1 aliphatic heterocycles. The van der Waals surface area contributed by atoms with E-state index >= 15 is 0 Å². The van der Waals surface area contributed by atoms with Crippen LogP contribution in [-0.2, 0) is 0 Å². The lowest BCUT2D eigenvalue weighted by Gasteiger charge is -2.27. The van der Waals surface area contributed by atoms with Gasteiger partial charge in [0.05, 0.1) is 6.67 Å². The van der Waals surface area contributed by atoms with Crippen LogP contribution in [0.2, 0.25) is 0 Å². The molecular formula is C21H26BF4N2-. The topological polar surface area (TPSA) is 6.48 Å². The largest absolute Gasteiger partial charge is 0.673 e. The van der Waals surface area contributed by atoms with Crippen molar-refractivity contribution in [3.8, 4) is 0 Å². The summed E-state index contributed by atoms with van der Waals surface area (Å²) in [4.78, 5) is 4.70. The van der Waals surface area contributed by atoms with Crippen LogP contribution < -0.4 is 9.80 Å². The Bertz CT molecular complexity index is 773. The smallest absolute Gasteiger partial charge is 0.418 e. The maximum atomic E-state index is 9.75. The number of rotatable bonds is 2. The lowest BCUT2D eigenvalue weighted by Crippen LogP contribution is -2.26. The van der Waals surface area contributed by atoms with Crippen molar-refractivity contribution in [3.63, 3.8) is 0 Å². The Kier molecular flexibility index (Phi) is 6.47. The summed E-state index contributed by atoms with van der Waals surface area (Å²) in [5, 5.41) is 0. The number of benzene rings is 2. The fraction of sp³-hybridized carbons (Fsp3) is 0.333. The highest BCUT2D eigenvalue weighted by Crippen LogP contribution is 2.33. The number of halogens is 4. The van der Waals surface area contributed by atoms with E-state index in [2.05, 4.69) is 88.0 Å². The number of hydrogen-bond donors (Lipinski definition) is 0. The molecule has 1 heterocycles. The highest BCUT2D eigenvalue weighted by atomic mass is 19.5. The summed E-state index contributed by atoms with van der Waals surface area (Å²) in [6.07, 6.45) is 4.40. The highest BCUT2D eigenvalue weighted by Gasteiger charge is 2.21. The minimum atomic E-state index is -6.00. The van der Waals surface area contributed by atoms with Gasteiger partial charge in [-0.15, -0.1) is 0 Å². The molecule has 3 rings (SSSR count). The summed E-state index contributed by atoms with van der Waals surface area (Å²) < 4.78 is 39.0. The molecule has 0 radical (unpaired) electrons. The lowest BCUT2D eigenvalue weighted by atomic mass is 10.0. The van der Waals surface area contributed by atoms with E-state index in [9.17, 15) is 17.3 Å². The van der Waals surface area contributed by atoms with Gasteiger partial charge in [-0.1, -0.05) is 35.4 Å². The van der Waals surface area contributed by atoms with Gasteiger partial charge >= 0.3 is 7.25 Å². The zero-order chi connectivity index (χ0) is 21.2. The van der Waals surface area contributed by atoms with Gasteiger partial charge in [-0.25, -0.2) is 0 Å². The van der Waals surface area contributed by atoms with Gasteiger partial charge < -0.3 is 27.1 Å². The molecule has 2 aromatic carbocycles. The zero-order valence-electron chi connectivity index (χ0n) is 17.2. The first-order chi connectivity index (χ1) is 12.9. The summed E-state index contributed by atoms with van der Waals surface area (Å²) in [5.41, 5.74) is 10.7. The Balaban J connectivity index is 0.000000500. The zero-order valence-corrected chi connectivity index (χ0v) is 17.2. The molecule has 1 aliphatic rings. The molecule has 0 saturated heterocycles. The summed E-state index contributed by atoms with van der Waals surface area (Å²) in [6, 6.07) is 9.06. The molecular weight excluding hydrogens is 367 g/mol. The van der Waals surface area contributed by atoms with Crippen LogP contribution in [0.3, 0.4) is 0 Å². The van der Waals surface area contributed by atoms with Gasteiger partial charge in [-0.2, -0.15) is 0 Å².